The maximum absolute atomic E-state index is 12.7. The molecule has 1 atom stereocenters. The van der Waals surface area contributed by atoms with Crippen molar-refractivity contribution < 1.29 is 9.72 Å². The highest BCUT2D eigenvalue weighted by atomic mass is 16.6. The molecule has 2 aliphatic heterocycles. The summed E-state index contributed by atoms with van der Waals surface area (Å²) in [6, 6.07) is 13.1. The summed E-state index contributed by atoms with van der Waals surface area (Å²) in [6.07, 6.45) is 5.74. The molecule has 0 aliphatic carbocycles. The van der Waals surface area contributed by atoms with Gasteiger partial charge in [-0.05, 0) is 75.4 Å². The molecule has 0 bridgehead atoms. The summed E-state index contributed by atoms with van der Waals surface area (Å²) in [4.78, 5) is 28.3. The van der Waals surface area contributed by atoms with Gasteiger partial charge in [-0.15, -0.1) is 0 Å². The first kappa shape index (κ1) is 20.2. The minimum atomic E-state index is -0.404. The Morgan fingerprint density at radius 3 is 2.40 bits per heavy atom. The number of hydrogen-bond donors (Lipinski definition) is 1. The second kappa shape index (κ2) is 8.73. The first-order chi connectivity index (χ1) is 14.5. The summed E-state index contributed by atoms with van der Waals surface area (Å²) < 4.78 is 0. The predicted molar refractivity (Wildman–Crippen MR) is 120 cm³/mol. The summed E-state index contributed by atoms with van der Waals surface area (Å²) >= 11 is 0. The van der Waals surface area contributed by atoms with Gasteiger partial charge in [0.25, 0.3) is 11.6 Å². The van der Waals surface area contributed by atoms with E-state index in [1.807, 2.05) is 29.2 Å². The quantitative estimate of drug-likeness (QED) is 0.566. The minimum absolute atomic E-state index is 0.0148. The lowest BCUT2D eigenvalue weighted by molar-refractivity contribution is -0.384. The number of piperidine rings is 1. The van der Waals surface area contributed by atoms with Gasteiger partial charge in [0.05, 0.1) is 4.92 Å². The third-order valence-electron chi connectivity index (χ3n) is 6.14. The highest BCUT2D eigenvalue weighted by molar-refractivity contribution is 6.05. The average molecular weight is 409 g/mol. The third kappa shape index (κ3) is 4.25. The first-order valence-corrected chi connectivity index (χ1v) is 10.7. The van der Waals surface area contributed by atoms with Gasteiger partial charge in [-0.2, -0.15) is 0 Å². The Morgan fingerprint density at radius 1 is 1.03 bits per heavy atom. The molecule has 158 valence electrons. The fourth-order valence-corrected chi connectivity index (χ4v) is 4.46. The molecule has 2 fully saturated rings. The van der Waals surface area contributed by atoms with Crippen LogP contribution in [0.3, 0.4) is 0 Å². The Hall–Kier alpha value is -3.09. The lowest BCUT2D eigenvalue weighted by Gasteiger charge is -2.35. The number of nitro groups is 1. The van der Waals surface area contributed by atoms with E-state index >= 15 is 0 Å². The average Bonchev–Trinajstić information content (AvgIpc) is 3.29. The molecular formula is C23H28N4O3. The highest BCUT2D eigenvalue weighted by Gasteiger charge is 2.24. The molecule has 2 aromatic carbocycles. The smallest absolute Gasteiger partial charge is 0.293 e. The van der Waals surface area contributed by atoms with Crippen LogP contribution in [0.5, 0.6) is 0 Å². The number of carbonyl (C=O) groups excluding carboxylic acids is 1. The summed E-state index contributed by atoms with van der Waals surface area (Å²) in [7, 11) is 0. The van der Waals surface area contributed by atoms with Crippen LogP contribution in [0.2, 0.25) is 0 Å². The maximum atomic E-state index is 12.7. The molecule has 1 N–H and O–H groups in total. The molecule has 0 spiro atoms. The van der Waals surface area contributed by atoms with E-state index < -0.39 is 4.92 Å². The van der Waals surface area contributed by atoms with Gasteiger partial charge in [-0.3, -0.25) is 14.9 Å². The lowest BCUT2D eigenvalue weighted by Crippen LogP contribution is -2.37. The van der Waals surface area contributed by atoms with Crippen LogP contribution in [-0.4, -0.2) is 36.5 Å². The Labute approximate surface area is 176 Å². The monoisotopic (exact) mass is 408 g/mol. The number of hydrogen-bond acceptors (Lipinski definition) is 5. The molecule has 0 saturated carbocycles. The number of nitrogens with one attached hydrogen (secondary N) is 1. The minimum Gasteiger partial charge on any atom is -0.369 e. The van der Waals surface area contributed by atoms with Crippen LogP contribution in [0, 0.1) is 10.1 Å². The van der Waals surface area contributed by atoms with Gasteiger partial charge in [0, 0.05) is 48.7 Å². The van der Waals surface area contributed by atoms with E-state index in [9.17, 15) is 14.9 Å². The Bertz CT molecular complexity index is 923. The number of benzene rings is 2. The molecule has 30 heavy (non-hydrogen) atoms. The van der Waals surface area contributed by atoms with Crippen molar-refractivity contribution in [3.63, 3.8) is 0 Å². The molecule has 0 unspecified atom stereocenters. The molecule has 2 saturated heterocycles. The second-order valence-corrected chi connectivity index (χ2v) is 8.19. The van der Waals surface area contributed by atoms with Crippen LogP contribution in [0.25, 0.3) is 0 Å². The Kier molecular flexibility index (Phi) is 5.88. The topological polar surface area (TPSA) is 78.7 Å². The van der Waals surface area contributed by atoms with E-state index in [-0.39, 0.29) is 11.6 Å². The first-order valence-electron chi connectivity index (χ1n) is 10.7. The van der Waals surface area contributed by atoms with Gasteiger partial charge in [0.2, 0.25) is 0 Å². The van der Waals surface area contributed by atoms with E-state index in [2.05, 4.69) is 17.1 Å². The molecule has 7 nitrogen and oxygen atoms in total. The predicted octanol–water partition coefficient (Wildman–Crippen LogP) is 4.83. The van der Waals surface area contributed by atoms with E-state index in [1.165, 1.54) is 25.3 Å². The zero-order chi connectivity index (χ0) is 21.1. The maximum Gasteiger partial charge on any atom is 0.293 e. The van der Waals surface area contributed by atoms with Crippen LogP contribution in [-0.2, 0) is 0 Å². The fraction of sp³-hybridized carbons (Fsp3) is 0.435. The van der Waals surface area contributed by atoms with Crippen LogP contribution >= 0.6 is 0 Å². The van der Waals surface area contributed by atoms with Gasteiger partial charge in [0.1, 0.15) is 5.69 Å². The number of rotatable bonds is 5. The van der Waals surface area contributed by atoms with Crippen molar-refractivity contribution >= 4 is 28.7 Å². The summed E-state index contributed by atoms with van der Waals surface area (Å²) in [5, 5.41) is 14.4. The van der Waals surface area contributed by atoms with Gasteiger partial charge >= 0.3 is 0 Å². The Balaban J connectivity index is 1.48. The third-order valence-corrected chi connectivity index (χ3v) is 6.14. The molecule has 2 heterocycles. The van der Waals surface area contributed by atoms with Gasteiger partial charge in [-0.25, -0.2) is 0 Å². The molecule has 7 heteroatoms. The fourth-order valence-electron chi connectivity index (χ4n) is 4.46. The zero-order valence-corrected chi connectivity index (χ0v) is 17.3. The van der Waals surface area contributed by atoms with Crippen LogP contribution in [0.4, 0.5) is 22.7 Å². The van der Waals surface area contributed by atoms with Crippen molar-refractivity contribution in [3.8, 4) is 0 Å². The van der Waals surface area contributed by atoms with E-state index in [4.69, 9.17) is 0 Å². The van der Waals surface area contributed by atoms with Crippen molar-refractivity contribution in [2.45, 2.75) is 45.1 Å². The lowest BCUT2D eigenvalue weighted by atomic mass is 10.0. The molecule has 0 aromatic heterocycles. The molecule has 0 radical (unpaired) electrons. The van der Waals surface area contributed by atoms with E-state index in [0.29, 0.717) is 23.0 Å². The van der Waals surface area contributed by atoms with Gasteiger partial charge in [-0.1, -0.05) is 0 Å². The SMILES string of the molecule is C[C@H]1CCCCN1c1ccc(NC(=O)c2ccc(N3CCCC3)c([N+](=O)[O-])c2)cc1. The largest absolute Gasteiger partial charge is 0.369 e. The van der Waals surface area contributed by atoms with E-state index in [0.717, 1.165) is 38.2 Å². The van der Waals surface area contributed by atoms with Gasteiger partial charge in [0.15, 0.2) is 0 Å². The summed E-state index contributed by atoms with van der Waals surface area (Å²) in [6.45, 7) is 4.93. The van der Waals surface area contributed by atoms with Crippen molar-refractivity contribution in [2.75, 3.05) is 34.8 Å². The van der Waals surface area contributed by atoms with Crippen molar-refractivity contribution in [1.29, 1.82) is 0 Å². The second-order valence-electron chi connectivity index (χ2n) is 8.19. The normalized spacial score (nSPS) is 19.0. The molecule has 1 amide bonds. The number of amides is 1. The number of anilines is 3. The molecular weight excluding hydrogens is 380 g/mol. The molecule has 2 aromatic rings. The number of nitrogens with zero attached hydrogens (tertiary/aromatic N) is 3. The van der Waals surface area contributed by atoms with E-state index in [1.54, 1.807) is 12.1 Å². The van der Waals surface area contributed by atoms with Crippen LogP contribution in [0.15, 0.2) is 42.5 Å². The standard InChI is InChI=1S/C23H28N4O3/c1-17-6-2-3-15-26(17)20-10-8-19(9-11-20)24-23(28)18-7-12-21(22(16-18)27(29)30)25-13-4-5-14-25/h7-12,16-17H,2-6,13-15H2,1H3,(H,24,28)/t17-/m0/s1. The van der Waals surface area contributed by atoms with Gasteiger partial charge < -0.3 is 15.1 Å². The van der Waals surface area contributed by atoms with Crippen molar-refractivity contribution in [2.24, 2.45) is 0 Å². The van der Waals surface area contributed by atoms with Crippen LogP contribution in [0.1, 0.15) is 49.4 Å². The summed E-state index contributed by atoms with van der Waals surface area (Å²) in [5.41, 5.74) is 2.71. The number of carbonyl (C=O) groups is 1. The zero-order valence-electron chi connectivity index (χ0n) is 17.3. The summed E-state index contributed by atoms with van der Waals surface area (Å²) in [5.74, 6) is -0.342. The Morgan fingerprint density at radius 2 is 1.73 bits per heavy atom. The number of nitro benzene ring substituents is 1. The molecule has 4 rings (SSSR count). The van der Waals surface area contributed by atoms with Crippen molar-refractivity contribution in [1.82, 2.24) is 0 Å². The van der Waals surface area contributed by atoms with Crippen LogP contribution < -0.4 is 15.1 Å². The highest BCUT2D eigenvalue weighted by Crippen LogP contribution is 2.32. The van der Waals surface area contributed by atoms with Crippen molar-refractivity contribution in [3.05, 3.63) is 58.1 Å². The molecule has 2 aliphatic rings.